The Hall–Kier alpha value is -2.26. The van der Waals surface area contributed by atoms with E-state index in [4.69, 9.17) is 19.4 Å². The van der Waals surface area contributed by atoms with Crippen molar-refractivity contribution in [3.8, 4) is 0 Å². The van der Waals surface area contributed by atoms with E-state index in [2.05, 4.69) is 5.28 Å². The molecule has 0 saturated carbocycles. The summed E-state index contributed by atoms with van der Waals surface area (Å²) in [5, 5.41) is 25.2. The molecule has 23 heavy (non-hydrogen) atoms. The van der Waals surface area contributed by atoms with Gasteiger partial charge >= 0.3 is 12.1 Å². The molecular weight excluding hydrogens is 310 g/mol. The van der Waals surface area contributed by atoms with E-state index in [1.807, 2.05) is 0 Å². The van der Waals surface area contributed by atoms with E-state index in [0.717, 1.165) is 0 Å². The molecule has 10 nitrogen and oxygen atoms in total. The molecule has 0 aromatic heterocycles. The van der Waals surface area contributed by atoms with E-state index in [0.29, 0.717) is 19.4 Å². The molecule has 1 aliphatic heterocycles. The lowest BCUT2D eigenvalue weighted by atomic mass is 10.00. The minimum atomic E-state index is -1.12. The van der Waals surface area contributed by atoms with Crippen LogP contribution in [0.1, 0.15) is 40.5 Å². The van der Waals surface area contributed by atoms with Crippen LogP contribution in [0.2, 0.25) is 0 Å². The molecule has 0 bridgehead atoms. The SMILES string of the molecule is CC(O/N=[N+](\[O-])N1CCCC(C(=O)O)C1)OC(=O)OC(C)(C)C. The maximum absolute atomic E-state index is 11.8. The smallest absolute Gasteiger partial charge is 0.511 e. The second kappa shape index (κ2) is 7.84. The second-order valence-electron chi connectivity index (χ2n) is 6.18. The quantitative estimate of drug-likeness (QED) is 0.266. The molecule has 1 fully saturated rings. The first kappa shape index (κ1) is 18.8. The van der Waals surface area contributed by atoms with Gasteiger partial charge in [-0.2, -0.15) is 0 Å². The van der Waals surface area contributed by atoms with Crippen molar-refractivity contribution in [2.75, 3.05) is 13.1 Å². The first-order chi connectivity index (χ1) is 10.6. The van der Waals surface area contributed by atoms with Crippen LogP contribution in [0, 0.1) is 11.1 Å². The lowest BCUT2D eigenvalue weighted by molar-refractivity contribution is -0.715. The summed E-state index contributed by atoms with van der Waals surface area (Å²) in [6.07, 6.45) is -0.989. The molecule has 2 unspecified atom stereocenters. The molecule has 2 atom stereocenters. The first-order valence-electron chi connectivity index (χ1n) is 7.30. The normalized spacial score (nSPS) is 20.6. The number of hydrogen-bond donors (Lipinski definition) is 1. The molecule has 0 radical (unpaired) electrons. The number of carbonyl (C=O) groups excluding carboxylic acids is 1. The van der Waals surface area contributed by atoms with E-state index in [1.165, 1.54) is 11.9 Å². The molecule has 1 aliphatic rings. The van der Waals surface area contributed by atoms with Crippen molar-refractivity contribution < 1.29 is 34.0 Å². The van der Waals surface area contributed by atoms with Crippen LogP contribution in [0.25, 0.3) is 0 Å². The third-order valence-corrected chi connectivity index (χ3v) is 2.91. The van der Waals surface area contributed by atoms with E-state index in [9.17, 15) is 14.8 Å². The van der Waals surface area contributed by atoms with Crippen molar-refractivity contribution in [1.82, 2.24) is 5.01 Å². The molecule has 0 aliphatic carbocycles. The van der Waals surface area contributed by atoms with Crippen molar-refractivity contribution in [2.24, 2.45) is 11.2 Å². The van der Waals surface area contributed by atoms with Gasteiger partial charge in [-0.1, -0.05) is 0 Å². The van der Waals surface area contributed by atoms with E-state index in [1.54, 1.807) is 20.8 Å². The van der Waals surface area contributed by atoms with Crippen molar-refractivity contribution in [3.63, 3.8) is 0 Å². The van der Waals surface area contributed by atoms with Gasteiger partial charge in [0.15, 0.2) is 0 Å². The summed E-state index contributed by atoms with van der Waals surface area (Å²) in [5.74, 6) is -1.57. The number of nitrogens with zero attached hydrogens (tertiary/aromatic N) is 3. The zero-order chi connectivity index (χ0) is 17.6. The summed E-state index contributed by atoms with van der Waals surface area (Å²) in [5.41, 5.74) is -0.710. The third kappa shape index (κ3) is 7.02. The van der Waals surface area contributed by atoms with Gasteiger partial charge in [-0.3, -0.25) is 9.63 Å². The fraction of sp³-hybridized carbons (Fsp3) is 0.846. The molecule has 1 heterocycles. The van der Waals surface area contributed by atoms with Crippen LogP contribution in [-0.4, -0.2) is 52.2 Å². The number of piperidine rings is 1. The van der Waals surface area contributed by atoms with Crippen molar-refractivity contribution >= 4 is 12.1 Å². The average molecular weight is 333 g/mol. The third-order valence-electron chi connectivity index (χ3n) is 2.91. The zero-order valence-corrected chi connectivity index (χ0v) is 13.7. The minimum absolute atomic E-state index is 0.0486. The van der Waals surface area contributed by atoms with E-state index in [-0.39, 0.29) is 11.5 Å². The number of ether oxygens (including phenoxy) is 2. The van der Waals surface area contributed by atoms with Gasteiger partial charge in [0.1, 0.15) is 5.60 Å². The molecule has 10 heteroatoms. The number of carboxylic acids is 1. The summed E-state index contributed by atoms with van der Waals surface area (Å²) in [6.45, 7) is 6.84. The van der Waals surface area contributed by atoms with Crippen LogP contribution < -0.4 is 0 Å². The summed E-state index contributed by atoms with van der Waals surface area (Å²) >= 11 is 0. The van der Waals surface area contributed by atoms with Gasteiger partial charge in [-0.25, -0.2) is 4.79 Å². The number of hydrazine groups is 1. The number of carboxylic acid groups (broad SMARTS) is 1. The van der Waals surface area contributed by atoms with Crippen molar-refractivity contribution in [2.45, 2.75) is 52.4 Å². The molecule has 0 amide bonds. The molecule has 1 rings (SSSR count). The van der Waals surface area contributed by atoms with Gasteiger partial charge in [0.05, 0.1) is 24.0 Å². The second-order valence-corrected chi connectivity index (χ2v) is 6.18. The lowest BCUT2D eigenvalue weighted by Gasteiger charge is -2.26. The number of rotatable bonds is 5. The Bertz CT molecular complexity index is 461. The van der Waals surface area contributed by atoms with Crippen LogP contribution in [0.5, 0.6) is 0 Å². The van der Waals surface area contributed by atoms with Crippen LogP contribution in [-0.2, 0) is 19.1 Å². The highest BCUT2D eigenvalue weighted by atomic mass is 16.8. The number of carbonyl (C=O) groups is 2. The van der Waals surface area contributed by atoms with Crippen LogP contribution in [0.3, 0.4) is 0 Å². The zero-order valence-electron chi connectivity index (χ0n) is 13.7. The van der Waals surface area contributed by atoms with Crippen LogP contribution >= 0.6 is 0 Å². The monoisotopic (exact) mass is 333 g/mol. The number of aliphatic carboxylic acids is 1. The Morgan fingerprint density at radius 1 is 1.43 bits per heavy atom. The predicted octanol–water partition coefficient (Wildman–Crippen LogP) is 1.89. The molecule has 0 aromatic rings. The Kier molecular flexibility index (Phi) is 6.40. The highest BCUT2D eigenvalue weighted by Gasteiger charge is 2.30. The molecule has 1 saturated heterocycles. The fourth-order valence-corrected chi connectivity index (χ4v) is 1.90. The maximum atomic E-state index is 11.8. The number of hydrogen-bond acceptors (Lipinski definition) is 7. The van der Waals surface area contributed by atoms with Crippen molar-refractivity contribution in [3.05, 3.63) is 5.21 Å². The summed E-state index contributed by atoms with van der Waals surface area (Å²) in [7, 11) is 0. The Labute approximate surface area is 134 Å². The molecular formula is C13H23N3O7. The standard InChI is InChI=1S/C13H23N3O7/c1-9(21-12(19)22-13(2,3)4)23-14-16(20)15-7-5-6-10(8-15)11(17)18/h9-10H,5-8H2,1-4H3,(H,17,18)/b16-14-. The Morgan fingerprint density at radius 2 is 2.09 bits per heavy atom. The van der Waals surface area contributed by atoms with Crippen molar-refractivity contribution in [1.29, 1.82) is 0 Å². The maximum Gasteiger partial charge on any atom is 0.511 e. The summed E-state index contributed by atoms with van der Waals surface area (Å²) in [6, 6.07) is 0. The first-order valence-corrected chi connectivity index (χ1v) is 7.30. The average Bonchev–Trinajstić information content (AvgIpc) is 2.42. The van der Waals surface area contributed by atoms with Gasteiger partial charge < -0.3 is 19.8 Å². The molecule has 132 valence electrons. The Balaban J connectivity index is 2.46. The largest absolute Gasteiger partial charge is 0.569 e. The van der Waals surface area contributed by atoms with Crippen LogP contribution in [0.15, 0.2) is 5.28 Å². The fourth-order valence-electron chi connectivity index (χ4n) is 1.90. The molecule has 0 aromatic carbocycles. The van der Waals surface area contributed by atoms with Gasteiger partial charge in [0, 0.05) is 6.92 Å². The Morgan fingerprint density at radius 3 is 2.65 bits per heavy atom. The highest BCUT2D eigenvalue weighted by Crippen LogP contribution is 2.17. The van der Waals surface area contributed by atoms with Gasteiger partial charge in [-0.05, 0) is 33.6 Å². The minimum Gasteiger partial charge on any atom is -0.569 e. The van der Waals surface area contributed by atoms with Gasteiger partial charge in [0.25, 0.3) is 6.29 Å². The van der Waals surface area contributed by atoms with E-state index >= 15 is 0 Å². The van der Waals surface area contributed by atoms with Crippen LogP contribution in [0.4, 0.5) is 4.79 Å². The predicted molar refractivity (Wildman–Crippen MR) is 75.9 cm³/mol. The van der Waals surface area contributed by atoms with E-state index < -0.39 is 29.9 Å². The summed E-state index contributed by atoms with van der Waals surface area (Å²) < 4.78 is 9.69. The summed E-state index contributed by atoms with van der Waals surface area (Å²) in [4.78, 5) is 27.3. The van der Waals surface area contributed by atoms with Gasteiger partial charge in [-0.15, -0.1) is 5.01 Å². The molecule has 0 spiro atoms. The molecule has 1 N–H and O–H groups in total. The topological polar surface area (TPSA) is 124 Å². The lowest BCUT2D eigenvalue weighted by Crippen LogP contribution is -2.42. The highest BCUT2D eigenvalue weighted by molar-refractivity contribution is 5.70. The van der Waals surface area contributed by atoms with Gasteiger partial charge in [0.2, 0.25) is 5.28 Å².